The van der Waals surface area contributed by atoms with Crippen molar-refractivity contribution < 1.29 is 0 Å². The van der Waals surface area contributed by atoms with Crippen molar-refractivity contribution in [2.75, 3.05) is 0 Å². The highest BCUT2D eigenvalue weighted by Crippen LogP contribution is 2.31. The van der Waals surface area contributed by atoms with Gasteiger partial charge < -0.3 is 0 Å². The van der Waals surface area contributed by atoms with Crippen LogP contribution in [-0.2, 0) is 0 Å². The fourth-order valence-electron chi connectivity index (χ4n) is 1.89. The van der Waals surface area contributed by atoms with E-state index in [2.05, 4.69) is 53.8 Å². The van der Waals surface area contributed by atoms with Gasteiger partial charge in [0.2, 0.25) is 0 Å². The number of benzene rings is 1. The van der Waals surface area contributed by atoms with E-state index in [9.17, 15) is 0 Å². The van der Waals surface area contributed by atoms with Crippen molar-refractivity contribution in [1.29, 1.82) is 0 Å². The van der Waals surface area contributed by atoms with Crippen LogP contribution in [0.3, 0.4) is 0 Å². The van der Waals surface area contributed by atoms with Gasteiger partial charge in [0.25, 0.3) is 0 Å². The summed E-state index contributed by atoms with van der Waals surface area (Å²) in [4.78, 5) is 4.47. The average molecular weight is 282 g/mol. The molecule has 0 atom stereocenters. The molecule has 1 aromatic heterocycles. The first-order valence-electron chi connectivity index (χ1n) is 4.77. The lowest BCUT2D eigenvalue weighted by Crippen LogP contribution is -1.89. The molecule has 0 saturated carbocycles. The number of rotatable bonds is 1. The molecule has 0 N–H and O–H groups in total. The predicted molar refractivity (Wildman–Crippen MR) is 69.5 cm³/mol. The molecule has 1 heterocycles. The molecule has 78 valence electrons. The van der Waals surface area contributed by atoms with Gasteiger partial charge in [0.1, 0.15) is 9.61 Å². The van der Waals surface area contributed by atoms with Crippen LogP contribution in [0.1, 0.15) is 16.7 Å². The Balaban J connectivity index is 2.62. The molecular formula is C12H12BrNS. The second-order valence-electron chi connectivity index (χ2n) is 3.75. The standard InChI is InChI=1S/C12H12BrNS/c1-7-4-8(2)11(9(3)5-7)12-14-10(13)6-15-12/h4-6H,1-3H3. The van der Waals surface area contributed by atoms with E-state index in [1.807, 2.05) is 5.38 Å². The van der Waals surface area contributed by atoms with E-state index in [0.717, 1.165) is 9.61 Å². The molecule has 3 heteroatoms. The molecule has 0 unspecified atom stereocenters. The Kier molecular flexibility index (Phi) is 2.94. The van der Waals surface area contributed by atoms with Crippen molar-refractivity contribution in [3.05, 3.63) is 38.8 Å². The largest absolute Gasteiger partial charge is 0.229 e. The molecule has 1 nitrogen and oxygen atoms in total. The van der Waals surface area contributed by atoms with Gasteiger partial charge in [-0.25, -0.2) is 4.98 Å². The van der Waals surface area contributed by atoms with Gasteiger partial charge in [-0.1, -0.05) is 17.7 Å². The maximum atomic E-state index is 4.47. The normalized spacial score (nSPS) is 10.7. The predicted octanol–water partition coefficient (Wildman–Crippen LogP) is 4.50. The lowest BCUT2D eigenvalue weighted by atomic mass is 10.0. The van der Waals surface area contributed by atoms with E-state index in [1.165, 1.54) is 22.3 Å². The summed E-state index contributed by atoms with van der Waals surface area (Å²) < 4.78 is 0.918. The van der Waals surface area contributed by atoms with Gasteiger partial charge in [0, 0.05) is 10.9 Å². The van der Waals surface area contributed by atoms with Gasteiger partial charge in [-0.2, -0.15) is 0 Å². The minimum absolute atomic E-state index is 0.918. The zero-order valence-corrected chi connectivity index (χ0v) is 11.4. The molecule has 0 aliphatic heterocycles. The van der Waals surface area contributed by atoms with E-state index < -0.39 is 0 Å². The molecule has 15 heavy (non-hydrogen) atoms. The molecule has 2 aromatic rings. The Labute approximate surface area is 102 Å². The quantitative estimate of drug-likeness (QED) is 0.750. The minimum Gasteiger partial charge on any atom is -0.229 e. The number of hydrogen-bond acceptors (Lipinski definition) is 2. The second kappa shape index (κ2) is 4.06. The maximum Gasteiger partial charge on any atom is 0.125 e. The summed E-state index contributed by atoms with van der Waals surface area (Å²) in [5.41, 5.74) is 5.18. The Morgan fingerprint density at radius 1 is 1.13 bits per heavy atom. The topological polar surface area (TPSA) is 12.9 Å². The van der Waals surface area contributed by atoms with E-state index in [4.69, 9.17) is 0 Å². The first-order valence-corrected chi connectivity index (χ1v) is 6.44. The summed E-state index contributed by atoms with van der Waals surface area (Å²) >= 11 is 5.07. The van der Waals surface area contributed by atoms with Gasteiger partial charge in [0.05, 0.1) is 0 Å². The van der Waals surface area contributed by atoms with Crippen LogP contribution in [0.5, 0.6) is 0 Å². The molecule has 0 aliphatic carbocycles. The number of aromatic nitrogens is 1. The summed E-state index contributed by atoms with van der Waals surface area (Å²) in [6.45, 7) is 6.41. The third-order valence-electron chi connectivity index (χ3n) is 2.37. The summed E-state index contributed by atoms with van der Waals surface area (Å²) in [5.74, 6) is 0. The first-order chi connectivity index (χ1) is 7.08. The Morgan fingerprint density at radius 2 is 1.73 bits per heavy atom. The number of nitrogens with zero attached hydrogens (tertiary/aromatic N) is 1. The summed E-state index contributed by atoms with van der Waals surface area (Å²) in [6, 6.07) is 4.41. The van der Waals surface area contributed by atoms with Gasteiger partial charge in [-0.3, -0.25) is 0 Å². The first kappa shape index (κ1) is 10.8. The molecule has 1 aromatic carbocycles. The highest BCUT2D eigenvalue weighted by molar-refractivity contribution is 9.10. The Hall–Kier alpha value is -0.670. The van der Waals surface area contributed by atoms with E-state index in [0.29, 0.717) is 0 Å². The second-order valence-corrected chi connectivity index (χ2v) is 5.42. The van der Waals surface area contributed by atoms with Crippen molar-refractivity contribution in [1.82, 2.24) is 4.98 Å². The molecule has 0 aliphatic rings. The smallest absolute Gasteiger partial charge is 0.125 e. The van der Waals surface area contributed by atoms with Gasteiger partial charge >= 0.3 is 0 Å². The summed E-state index contributed by atoms with van der Waals surface area (Å²) in [5, 5.41) is 3.12. The summed E-state index contributed by atoms with van der Waals surface area (Å²) in [6.07, 6.45) is 0. The highest BCUT2D eigenvalue weighted by atomic mass is 79.9. The lowest BCUT2D eigenvalue weighted by molar-refractivity contribution is 1.28. The summed E-state index contributed by atoms with van der Waals surface area (Å²) in [7, 11) is 0. The maximum absolute atomic E-state index is 4.47. The SMILES string of the molecule is Cc1cc(C)c(-c2nc(Br)cs2)c(C)c1. The van der Waals surface area contributed by atoms with Crippen LogP contribution in [0.2, 0.25) is 0 Å². The fourth-order valence-corrected chi connectivity index (χ4v) is 3.31. The number of halogens is 1. The van der Waals surface area contributed by atoms with Crippen molar-refractivity contribution in [2.45, 2.75) is 20.8 Å². The zero-order chi connectivity index (χ0) is 11.0. The van der Waals surface area contributed by atoms with E-state index in [1.54, 1.807) is 11.3 Å². The van der Waals surface area contributed by atoms with Gasteiger partial charge in [-0.05, 0) is 47.8 Å². The van der Waals surface area contributed by atoms with Crippen LogP contribution in [0.15, 0.2) is 22.1 Å². The third-order valence-corrected chi connectivity index (χ3v) is 3.94. The minimum atomic E-state index is 0.918. The van der Waals surface area contributed by atoms with Crippen LogP contribution < -0.4 is 0 Å². The fraction of sp³-hybridized carbons (Fsp3) is 0.250. The number of thiazole rings is 1. The van der Waals surface area contributed by atoms with Gasteiger partial charge in [0.15, 0.2) is 0 Å². The molecular weight excluding hydrogens is 270 g/mol. The van der Waals surface area contributed by atoms with Crippen LogP contribution in [0.4, 0.5) is 0 Å². The molecule has 0 amide bonds. The monoisotopic (exact) mass is 281 g/mol. The van der Waals surface area contributed by atoms with Crippen LogP contribution in [0, 0.1) is 20.8 Å². The zero-order valence-electron chi connectivity index (χ0n) is 8.97. The van der Waals surface area contributed by atoms with E-state index >= 15 is 0 Å². The molecule has 0 radical (unpaired) electrons. The van der Waals surface area contributed by atoms with Crippen LogP contribution in [0.25, 0.3) is 10.6 Å². The highest BCUT2D eigenvalue weighted by Gasteiger charge is 2.09. The molecule has 0 fully saturated rings. The Bertz CT molecular complexity index is 479. The number of hydrogen-bond donors (Lipinski definition) is 0. The molecule has 2 rings (SSSR count). The van der Waals surface area contributed by atoms with Crippen molar-refractivity contribution in [3.8, 4) is 10.6 Å². The van der Waals surface area contributed by atoms with Crippen LogP contribution in [-0.4, -0.2) is 4.98 Å². The van der Waals surface area contributed by atoms with Crippen molar-refractivity contribution in [2.24, 2.45) is 0 Å². The van der Waals surface area contributed by atoms with E-state index in [-0.39, 0.29) is 0 Å². The molecule has 0 spiro atoms. The third kappa shape index (κ3) is 2.13. The lowest BCUT2D eigenvalue weighted by Gasteiger charge is -2.08. The number of aryl methyl sites for hydroxylation is 3. The van der Waals surface area contributed by atoms with Crippen LogP contribution >= 0.6 is 27.3 Å². The van der Waals surface area contributed by atoms with Crippen molar-refractivity contribution in [3.63, 3.8) is 0 Å². The van der Waals surface area contributed by atoms with Crippen molar-refractivity contribution >= 4 is 27.3 Å². The molecule has 0 saturated heterocycles. The molecule has 0 bridgehead atoms. The Morgan fingerprint density at radius 3 is 2.20 bits per heavy atom. The van der Waals surface area contributed by atoms with Gasteiger partial charge in [-0.15, -0.1) is 11.3 Å². The average Bonchev–Trinajstić information content (AvgIpc) is 2.49.